The monoisotopic (exact) mass is 296 g/mol. The summed E-state index contributed by atoms with van der Waals surface area (Å²) in [6.45, 7) is 2.23. The van der Waals surface area contributed by atoms with Crippen LogP contribution in [0.15, 0.2) is 12.2 Å². The second-order valence-electron chi connectivity index (χ2n) is 5.71. The van der Waals surface area contributed by atoms with Gasteiger partial charge in [0.1, 0.15) is 0 Å². The van der Waals surface area contributed by atoms with E-state index in [1.807, 2.05) is 0 Å². The highest BCUT2D eigenvalue weighted by atomic mass is 16.4. The predicted molar refractivity (Wildman–Crippen MR) is 87.5 cm³/mol. The lowest BCUT2D eigenvalue weighted by molar-refractivity contribution is -0.149. The Bertz CT molecular complexity index is 295. The number of carboxylic acids is 1. The van der Waals surface area contributed by atoms with Gasteiger partial charge in [-0.1, -0.05) is 64.0 Å². The molecule has 0 rings (SSSR count). The summed E-state index contributed by atoms with van der Waals surface area (Å²) in [7, 11) is 0. The summed E-state index contributed by atoms with van der Waals surface area (Å²) in [5.74, 6) is -1.95. The van der Waals surface area contributed by atoms with E-state index in [9.17, 15) is 9.59 Å². The molecule has 3 heteroatoms. The Labute approximate surface area is 129 Å². The first-order valence-corrected chi connectivity index (χ1v) is 8.59. The summed E-state index contributed by atoms with van der Waals surface area (Å²) >= 11 is 0. The van der Waals surface area contributed by atoms with Crippen LogP contribution in [0.5, 0.6) is 0 Å². The molecule has 0 atom stereocenters. The van der Waals surface area contributed by atoms with Crippen LogP contribution in [0, 0.1) is 0 Å². The molecule has 0 aromatic carbocycles. The summed E-state index contributed by atoms with van der Waals surface area (Å²) in [6.07, 6.45) is 19.0. The fourth-order valence-corrected chi connectivity index (χ4v) is 2.29. The second kappa shape index (κ2) is 15.3. The maximum Gasteiger partial charge on any atom is 0.372 e. The van der Waals surface area contributed by atoms with Gasteiger partial charge in [0.2, 0.25) is 5.78 Å². The van der Waals surface area contributed by atoms with Gasteiger partial charge in [-0.3, -0.25) is 4.79 Å². The lowest BCUT2D eigenvalue weighted by Gasteiger charge is -2.00. The van der Waals surface area contributed by atoms with Crippen LogP contribution in [0.25, 0.3) is 0 Å². The summed E-state index contributed by atoms with van der Waals surface area (Å²) in [5.41, 5.74) is 0. The molecule has 0 spiro atoms. The van der Waals surface area contributed by atoms with Gasteiger partial charge in [-0.15, -0.1) is 0 Å². The van der Waals surface area contributed by atoms with Gasteiger partial charge < -0.3 is 5.11 Å². The molecule has 122 valence electrons. The van der Waals surface area contributed by atoms with Gasteiger partial charge in [0.05, 0.1) is 0 Å². The minimum atomic E-state index is -1.29. The van der Waals surface area contributed by atoms with Crippen molar-refractivity contribution in [3.8, 4) is 0 Å². The third-order valence-electron chi connectivity index (χ3n) is 3.65. The number of carbonyl (C=O) groups excluding carboxylic acids is 1. The van der Waals surface area contributed by atoms with E-state index in [1.165, 1.54) is 57.8 Å². The van der Waals surface area contributed by atoms with Gasteiger partial charge in [0, 0.05) is 6.42 Å². The highest BCUT2D eigenvalue weighted by molar-refractivity contribution is 6.32. The van der Waals surface area contributed by atoms with E-state index < -0.39 is 11.8 Å². The van der Waals surface area contributed by atoms with E-state index >= 15 is 0 Å². The van der Waals surface area contributed by atoms with E-state index in [0.717, 1.165) is 12.8 Å². The van der Waals surface area contributed by atoms with E-state index in [2.05, 4.69) is 19.1 Å². The third-order valence-corrected chi connectivity index (χ3v) is 3.65. The molecule has 0 aliphatic rings. The summed E-state index contributed by atoms with van der Waals surface area (Å²) < 4.78 is 0. The van der Waals surface area contributed by atoms with Crippen molar-refractivity contribution in [3.05, 3.63) is 12.2 Å². The molecular formula is C18H32O3. The van der Waals surface area contributed by atoms with Crippen LogP contribution >= 0.6 is 0 Å². The van der Waals surface area contributed by atoms with Crippen molar-refractivity contribution < 1.29 is 14.7 Å². The average molecular weight is 296 g/mol. The number of ketones is 1. The van der Waals surface area contributed by atoms with Crippen LogP contribution in [0.4, 0.5) is 0 Å². The van der Waals surface area contributed by atoms with E-state index in [-0.39, 0.29) is 6.42 Å². The quantitative estimate of drug-likeness (QED) is 0.254. The van der Waals surface area contributed by atoms with Crippen LogP contribution < -0.4 is 0 Å². The van der Waals surface area contributed by atoms with E-state index in [0.29, 0.717) is 6.42 Å². The fraction of sp³-hybridized carbons (Fsp3) is 0.778. The largest absolute Gasteiger partial charge is 0.476 e. The average Bonchev–Trinajstić information content (AvgIpc) is 2.47. The lowest BCUT2D eigenvalue weighted by Crippen LogP contribution is -2.11. The van der Waals surface area contributed by atoms with Gasteiger partial charge >= 0.3 is 5.97 Å². The van der Waals surface area contributed by atoms with Gasteiger partial charge in [-0.2, -0.15) is 0 Å². The van der Waals surface area contributed by atoms with Crippen molar-refractivity contribution in [2.45, 2.75) is 90.4 Å². The number of unbranched alkanes of at least 4 members (excludes halogenated alkanes) is 10. The van der Waals surface area contributed by atoms with Crippen LogP contribution in [-0.4, -0.2) is 16.9 Å². The van der Waals surface area contributed by atoms with Crippen molar-refractivity contribution in [2.24, 2.45) is 0 Å². The van der Waals surface area contributed by atoms with Crippen LogP contribution in [-0.2, 0) is 9.59 Å². The highest BCUT2D eigenvalue weighted by Crippen LogP contribution is 2.10. The maximum atomic E-state index is 10.9. The molecule has 0 fully saturated rings. The van der Waals surface area contributed by atoms with Crippen molar-refractivity contribution >= 4 is 11.8 Å². The maximum absolute atomic E-state index is 10.9. The van der Waals surface area contributed by atoms with Crippen LogP contribution in [0.1, 0.15) is 90.4 Å². The minimum Gasteiger partial charge on any atom is -0.476 e. The Hall–Kier alpha value is -1.12. The Morgan fingerprint density at radius 3 is 1.76 bits per heavy atom. The zero-order valence-electron chi connectivity index (χ0n) is 13.6. The number of carboxylic acid groups (broad SMARTS) is 1. The number of Topliss-reactive ketones (excluding diaryl/α,β-unsaturated/α-hetero) is 1. The second-order valence-corrected chi connectivity index (χ2v) is 5.71. The fourth-order valence-electron chi connectivity index (χ4n) is 2.29. The highest BCUT2D eigenvalue weighted by Gasteiger charge is 2.09. The molecule has 0 saturated heterocycles. The van der Waals surface area contributed by atoms with Gasteiger partial charge in [-0.05, 0) is 32.1 Å². The Kier molecular flexibility index (Phi) is 14.5. The molecule has 0 aliphatic heterocycles. The normalized spacial score (nSPS) is 11.1. The molecule has 21 heavy (non-hydrogen) atoms. The number of allylic oxidation sites excluding steroid dienone is 2. The number of hydrogen-bond acceptors (Lipinski definition) is 2. The Morgan fingerprint density at radius 2 is 1.24 bits per heavy atom. The van der Waals surface area contributed by atoms with Crippen molar-refractivity contribution in [1.29, 1.82) is 0 Å². The molecule has 0 amide bonds. The molecule has 0 unspecified atom stereocenters. The Morgan fingerprint density at radius 1 is 0.762 bits per heavy atom. The SMILES string of the molecule is CCCCC/C=C\CCCCCCCCCC(=O)C(=O)O. The Balaban J connectivity index is 3.15. The van der Waals surface area contributed by atoms with Gasteiger partial charge in [0.15, 0.2) is 0 Å². The molecule has 0 bridgehead atoms. The molecule has 0 aromatic heterocycles. The topological polar surface area (TPSA) is 54.4 Å². The molecular weight excluding hydrogens is 264 g/mol. The zero-order valence-corrected chi connectivity index (χ0v) is 13.6. The zero-order chi connectivity index (χ0) is 15.8. The molecule has 0 saturated carbocycles. The number of aliphatic carboxylic acids is 1. The van der Waals surface area contributed by atoms with Crippen molar-refractivity contribution in [3.63, 3.8) is 0 Å². The molecule has 0 aromatic rings. The van der Waals surface area contributed by atoms with Gasteiger partial charge in [-0.25, -0.2) is 4.79 Å². The summed E-state index contributed by atoms with van der Waals surface area (Å²) in [4.78, 5) is 21.2. The van der Waals surface area contributed by atoms with Crippen LogP contribution in [0.2, 0.25) is 0 Å². The number of hydrogen-bond donors (Lipinski definition) is 1. The van der Waals surface area contributed by atoms with Crippen LogP contribution in [0.3, 0.4) is 0 Å². The standard InChI is InChI=1S/C18H32O3/c1-2-3-4-5-6-7-8-9-10-11-12-13-14-15-16-17(19)18(20)21/h6-7H,2-5,8-16H2,1H3,(H,20,21)/b7-6-. The number of rotatable bonds is 15. The van der Waals surface area contributed by atoms with Crippen molar-refractivity contribution in [1.82, 2.24) is 0 Å². The van der Waals surface area contributed by atoms with E-state index in [1.54, 1.807) is 0 Å². The molecule has 0 heterocycles. The first-order chi connectivity index (χ1) is 10.2. The number of carbonyl (C=O) groups is 2. The molecule has 1 N–H and O–H groups in total. The van der Waals surface area contributed by atoms with E-state index in [4.69, 9.17) is 5.11 Å². The smallest absolute Gasteiger partial charge is 0.372 e. The van der Waals surface area contributed by atoms with Crippen molar-refractivity contribution in [2.75, 3.05) is 0 Å². The first-order valence-electron chi connectivity index (χ1n) is 8.59. The lowest BCUT2D eigenvalue weighted by atomic mass is 10.1. The molecule has 0 radical (unpaired) electrons. The minimum absolute atomic E-state index is 0.193. The first kappa shape index (κ1) is 19.9. The summed E-state index contributed by atoms with van der Waals surface area (Å²) in [5, 5.41) is 8.43. The third kappa shape index (κ3) is 15.1. The summed E-state index contributed by atoms with van der Waals surface area (Å²) in [6, 6.07) is 0. The van der Waals surface area contributed by atoms with Gasteiger partial charge in [0.25, 0.3) is 0 Å². The molecule has 3 nitrogen and oxygen atoms in total. The predicted octanol–water partition coefficient (Wildman–Crippen LogP) is 5.29. The molecule has 0 aliphatic carbocycles.